The summed E-state index contributed by atoms with van der Waals surface area (Å²) >= 11 is 19.5. The van der Waals surface area contributed by atoms with Gasteiger partial charge in [0.2, 0.25) is 0 Å². The fraction of sp³-hybridized carbons (Fsp3) is 0. The molecule has 0 atom stereocenters. The first kappa shape index (κ1) is 22.3. The van der Waals surface area contributed by atoms with E-state index in [9.17, 15) is 9.59 Å². The first-order valence-electron chi connectivity index (χ1n) is 9.20. The monoisotopic (exact) mass is 502 g/mol. The molecule has 0 aliphatic rings. The lowest BCUT2D eigenvalue weighted by molar-refractivity contribution is 0.0739. The van der Waals surface area contributed by atoms with Crippen LogP contribution in [0.3, 0.4) is 0 Å². The van der Waals surface area contributed by atoms with Crippen LogP contribution >= 0.6 is 46.1 Å². The number of halogens is 3. The Kier molecular flexibility index (Phi) is 6.77. The van der Waals surface area contributed by atoms with Gasteiger partial charge in [-0.1, -0.05) is 53.0 Å². The summed E-state index contributed by atoms with van der Waals surface area (Å²) in [6.45, 7) is 0. The third-order valence-electron chi connectivity index (χ3n) is 4.37. The molecule has 0 fully saturated rings. The number of nitrogens with zero attached hydrogens (tertiary/aromatic N) is 1. The van der Waals surface area contributed by atoms with Gasteiger partial charge >= 0.3 is 5.97 Å². The van der Waals surface area contributed by atoms with Crippen molar-refractivity contribution in [2.45, 2.75) is 0 Å². The summed E-state index contributed by atoms with van der Waals surface area (Å²) in [6, 6.07) is 18.7. The average Bonchev–Trinajstić information content (AvgIpc) is 3.12. The van der Waals surface area contributed by atoms with Gasteiger partial charge in [-0.15, -0.1) is 11.3 Å². The molecule has 160 valence electrons. The molecule has 0 spiro atoms. The smallest absolute Gasteiger partial charge is 0.355 e. The Balaban J connectivity index is 1.39. The van der Waals surface area contributed by atoms with Crippen molar-refractivity contribution in [3.05, 3.63) is 97.8 Å². The number of thiophene rings is 1. The van der Waals surface area contributed by atoms with Crippen LogP contribution in [-0.4, -0.2) is 18.1 Å². The highest BCUT2D eigenvalue weighted by molar-refractivity contribution is 7.21. The lowest BCUT2D eigenvalue weighted by Crippen LogP contribution is -2.18. The van der Waals surface area contributed by atoms with Gasteiger partial charge in [-0.25, -0.2) is 10.2 Å². The number of benzene rings is 3. The minimum Gasteiger partial charge on any atom is -0.422 e. The summed E-state index contributed by atoms with van der Waals surface area (Å²) in [5.74, 6) is -0.629. The van der Waals surface area contributed by atoms with Crippen molar-refractivity contribution in [1.29, 1.82) is 0 Å². The van der Waals surface area contributed by atoms with Gasteiger partial charge in [0.15, 0.2) is 0 Å². The maximum Gasteiger partial charge on any atom is 0.355 e. The van der Waals surface area contributed by atoms with E-state index in [0.29, 0.717) is 26.2 Å². The summed E-state index contributed by atoms with van der Waals surface area (Å²) in [5.41, 5.74) is 3.35. The maximum absolute atomic E-state index is 12.5. The summed E-state index contributed by atoms with van der Waals surface area (Å²) in [6.07, 6.45) is 1.45. The first-order valence-corrected chi connectivity index (χ1v) is 11.1. The first-order chi connectivity index (χ1) is 15.4. The largest absolute Gasteiger partial charge is 0.422 e. The fourth-order valence-corrected chi connectivity index (χ4v) is 4.70. The molecule has 0 aliphatic heterocycles. The van der Waals surface area contributed by atoms with Gasteiger partial charge in [-0.3, -0.25) is 4.79 Å². The fourth-order valence-electron chi connectivity index (χ4n) is 2.82. The van der Waals surface area contributed by atoms with Gasteiger partial charge in [-0.2, -0.15) is 5.10 Å². The quantitative estimate of drug-likeness (QED) is 0.140. The number of hydrogen-bond acceptors (Lipinski definition) is 5. The van der Waals surface area contributed by atoms with Crippen LogP contribution < -0.4 is 10.2 Å². The molecule has 0 unspecified atom stereocenters. The molecular weight excluding hydrogens is 491 g/mol. The summed E-state index contributed by atoms with van der Waals surface area (Å²) in [7, 11) is 0. The highest BCUT2D eigenvalue weighted by Gasteiger charge is 2.19. The Morgan fingerprint density at radius 1 is 0.969 bits per heavy atom. The van der Waals surface area contributed by atoms with Crippen molar-refractivity contribution in [1.82, 2.24) is 5.43 Å². The minimum absolute atomic E-state index is 0.232. The van der Waals surface area contributed by atoms with Crippen LogP contribution in [0.5, 0.6) is 5.75 Å². The topological polar surface area (TPSA) is 67.8 Å². The molecule has 0 bridgehead atoms. The Morgan fingerprint density at radius 2 is 1.72 bits per heavy atom. The predicted molar refractivity (Wildman–Crippen MR) is 130 cm³/mol. The van der Waals surface area contributed by atoms with Crippen LogP contribution in [0, 0.1) is 0 Å². The normalized spacial score (nSPS) is 11.1. The minimum atomic E-state index is -0.523. The molecule has 0 saturated carbocycles. The molecule has 1 amide bonds. The maximum atomic E-state index is 12.5. The van der Waals surface area contributed by atoms with Crippen LogP contribution in [0.1, 0.15) is 25.6 Å². The van der Waals surface area contributed by atoms with Crippen LogP contribution in [0.2, 0.25) is 15.1 Å². The number of rotatable bonds is 5. The Labute approximate surface area is 202 Å². The Bertz CT molecular complexity index is 1350. The van der Waals surface area contributed by atoms with E-state index in [0.717, 1.165) is 10.1 Å². The number of amides is 1. The van der Waals surface area contributed by atoms with Gasteiger partial charge in [0.25, 0.3) is 5.91 Å². The van der Waals surface area contributed by atoms with Gasteiger partial charge in [0.05, 0.1) is 21.8 Å². The third kappa shape index (κ3) is 4.95. The molecule has 5 nitrogen and oxygen atoms in total. The molecule has 1 N–H and O–H groups in total. The molecule has 3 aromatic carbocycles. The van der Waals surface area contributed by atoms with E-state index >= 15 is 0 Å². The van der Waals surface area contributed by atoms with Gasteiger partial charge < -0.3 is 4.74 Å². The summed E-state index contributed by atoms with van der Waals surface area (Å²) in [4.78, 5) is 25.0. The molecule has 0 saturated heterocycles. The van der Waals surface area contributed by atoms with E-state index in [1.807, 2.05) is 24.3 Å². The van der Waals surface area contributed by atoms with Crippen LogP contribution in [-0.2, 0) is 0 Å². The number of carbonyl (C=O) groups excluding carboxylic acids is 2. The van der Waals surface area contributed by atoms with Gasteiger partial charge in [0, 0.05) is 15.1 Å². The number of carbonyl (C=O) groups is 2. The molecule has 4 rings (SSSR count). The van der Waals surface area contributed by atoms with E-state index in [4.69, 9.17) is 39.5 Å². The molecule has 1 heterocycles. The second-order valence-electron chi connectivity index (χ2n) is 6.52. The van der Waals surface area contributed by atoms with Crippen LogP contribution in [0.15, 0.2) is 71.8 Å². The highest BCUT2D eigenvalue weighted by atomic mass is 35.5. The van der Waals surface area contributed by atoms with E-state index in [2.05, 4.69) is 10.5 Å². The van der Waals surface area contributed by atoms with Gasteiger partial charge in [-0.05, 0) is 54.1 Å². The van der Waals surface area contributed by atoms with Crippen molar-refractivity contribution in [3.63, 3.8) is 0 Å². The SMILES string of the molecule is O=C(N/N=C/c1ccc(OC(=O)c2sc3ccccc3c2Cl)cc1)c1ccc(Cl)cc1Cl. The van der Waals surface area contributed by atoms with E-state index in [-0.39, 0.29) is 10.6 Å². The molecule has 9 heteroatoms. The zero-order valence-electron chi connectivity index (χ0n) is 16.1. The van der Waals surface area contributed by atoms with E-state index in [1.165, 1.54) is 29.7 Å². The lowest BCUT2D eigenvalue weighted by atomic mass is 10.2. The second kappa shape index (κ2) is 9.71. The standard InChI is InChI=1S/C23H13Cl3N2O3S/c24-14-7-10-16(18(25)11-14)22(29)28-27-12-13-5-8-15(9-6-13)31-23(30)21-20(26)17-3-1-2-4-19(17)32-21/h1-12H,(H,28,29)/b27-12+. The third-order valence-corrected chi connectivity index (χ3v) is 6.57. The lowest BCUT2D eigenvalue weighted by Gasteiger charge is -2.04. The molecule has 1 aromatic heterocycles. The number of hydrazone groups is 1. The van der Waals surface area contributed by atoms with Crippen LogP contribution in [0.25, 0.3) is 10.1 Å². The van der Waals surface area contributed by atoms with Crippen molar-refractivity contribution in [3.8, 4) is 5.75 Å². The molecular formula is C23H13Cl3N2O3S. The Hall–Kier alpha value is -2.90. The molecule has 0 aliphatic carbocycles. The van der Waals surface area contributed by atoms with Gasteiger partial charge in [0.1, 0.15) is 10.6 Å². The van der Waals surface area contributed by atoms with Crippen LogP contribution in [0.4, 0.5) is 0 Å². The number of esters is 1. The second-order valence-corrected chi connectivity index (χ2v) is 8.80. The van der Waals surface area contributed by atoms with E-state index < -0.39 is 11.9 Å². The number of ether oxygens (including phenoxy) is 1. The molecule has 32 heavy (non-hydrogen) atoms. The molecule has 0 radical (unpaired) electrons. The predicted octanol–water partition coefficient (Wildman–Crippen LogP) is 6.84. The average molecular weight is 504 g/mol. The Morgan fingerprint density at radius 3 is 2.44 bits per heavy atom. The molecule has 4 aromatic rings. The number of fused-ring (bicyclic) bond motifs is 1. The van der Waals surface area contributed by atoms with Crippen molar-refractivity contribution in [2.24, 2.45) is 5.10 Å². The zero-order chi connectivity index (χ0) is 22.7. The highest BCUT2D eigenvalue weighted by Crippen LogP contribution is 2.35. The van der Waals surface area contributed by atoms with E-state index in [1.54, 1.807) is 30.3 Å². The zero-order valence-corrected chi connectivity index (χ0v) is 19.2. The number of hydrogen-bond donors (Lipinski definition) is 1. The summed E-state index contributed by atoms with van der Waals surface area (Å²) < 4.78 is 6.35. The van der Waals surface area contributed by atoms with Crippen molar-refractivity contribution >= 4 is 74.3 Å². The number of nitrogens with one attached hydrogen (secondary N) is 1. The summed E-state index contributed by atoms with van der Waals surface area (Å²) in [5, 5.41) is 5.79. The van der Waals surface area contributed by atoms with Crippen molar-refractivity contribution < 1.29 is 14.3 Å². The van der Waals surface area contributed by atoms with Crippen molar-refractivity contribution in [2.75, 3.05) is 0 Å².